The minimum atomic E-state index is -3.47. The molecule has 0 aromatic heterocycles. The number of rotatable bonds is 5. The molecule has 1 fully saturated rings. The fraction of sp³-hybridized carbons (Fsp3) is 0.381. The highest BCUT2D eigenvalue weighted by atomic mass is 32.2. The van der Waals surface area contributed by atoms with Crippen LogP contribution in [0.3, 0.4) is 0 Å². The summed E-state index contributed by atoms with van der Waals surface area (Å²) >= 11 is 0. The van der Waals surface area contributed by atoms with Gasteiger partial charge in [0, 0.05) is 26.2 Å². The van der Waals surface area contributed by atoms with E-state index < -0.39 is 10.0 Å². The Morgan fingerprint density at radius 3 is 1.96 bits per heavy atom. The van der Waals surface area contributed by atoms with Crippen LogP contribution in [0.5, 0.6) is 0 Å². The van der Waals surface area contributed by atoms with Crippen LogP contribution in [0, 0.1) is 11.3 Å². The smallest absolute Gasteiger partial charge is 0.243 e. The summed E-state index contributed by atoms with van der Waals surface area (Å²) < 4.78 is 27.0. The fourth-order valence-electron chi connectivity index (χ4n) is 3.37. The zero-order chi connectivity index (χ0) is 19.4. The molecule has 2 aromatic carbocycles. The molecule has 0 bridgehead atoms. The zero-order valence-electron chi connectivity index (χ0n) is 15.7. The first-order valence-corrected chi connectivity index (χ1v) is 10.7. The van der Waals surface area contributed by atoms with Gasteiger partial charge in [-0.05, 0) is 29.2 Å². The van der Waals surface area contributed by atoms with Gasteiger partial charge < -0.3 is 0 Å². The molecule has 0 saturated carbocycles. The average Bonchev–Trinajstić information content (AvgIpc) is 2.70. The van der Waals surface area contributed by atoms with E-state index in [4.69, 9.17) is 0 Å². The Balaban J connectivity index is 1.70. The van der Waals surface area contributed by atoms with E-state index in [1.807, 2.05) is 12.1 Å². The highest BCUT2D eigenvalue weighted by Gasteiger charge is 2.31. The van der Waals surface area contributed by atoms with Gasteiger partial charge in [-0.15, -0.1) is 0 Å². The summed E-state index contributed by atoms with van der Waals surface area (Å²) in [6, 6.07) is 18.7. The summed E-state index contributed by atoms with van der Waals surface area (Å²) in [4.78, 5) is 2.38. The van der Waals surface area contributed by atoms with Crippen LogP contribution in [0.1, 0.15) is 36.9 Å². The van der Waals surface area contributed by atoms with E-state index in [1.165, 1.54) is 9.87 Å². The van der Waals surface area contributed by atoms with Crippen LogP contribution >= 0.6 is 0 Å². The van der Waals surface area contributed by atoms with Gasteiger partial charge in [-0.2, -0.15) is 9.57 Å². The number of hydrogen-bond acceptors (Lipinski definition) is 4. The molecule has 3 rings (SSSR count). The van der Waals surface area contributed by atoms with Crippen molar-refractivity contribution in [2.45, 2.75) is 30.7 Å². The zero-order valence-corrected chi connectivity index (χ0v) is 16.6. The summed E-state index contributed by atoms with van der Waals surface area (Å²) in [6.07, 6.45) is 0. The van der Waals surface area contributed by atoms with Gasteiger partial charge in [-0.3, -0.25) is 4.90 Å². The average molecular weight is 384 g/mol. The molecule has 1 unspecified atom stereocenters. The maximum atomic E-state index is 12.7. The molecule has 1 aliphatic rings. The Bertz CT molecular complexity index is 895. The van der Waals surface area contributed by atoms with Crippen LogP contribution < -0.4 is 0 Å². The van der Waals surface area contributed by atoms with E-state index in [0.29, 0.717) is 37.0 Å². The fourth-order valence-corrected chi connectivity index (χ4v) is 4.82. The molecule has 27 heavy (non-hydrogen) atoms. The summed E-state index contributed by atoms with van der Waals surface area (Å²) in [7, 11) is -3.47. The normalized spacial score (nSPS) is 17.6. The number of nitriles is 1. The second-order valence-corrected chi connectivity index (χ2v) is 9.04. The van der Waals surface area contributed by atoms with Crippen LogP contribution in [-0.2, 0) is 10.0 Å². The molecule has 2 aromatic rings. The van der Waals surface area contributed by atoms with Crippen molar-refractivity contribution in [3.63, 3.8) is 0 Å². The highest BCUT2D eigenvalue weighted by Crippen LogP contribution is 2.25. The van der Waals surface area contributed by atoms with Gasteiger partial charge in [0.15, 0.2) is 0 Å². The van der Waals surface area contributed by atoms with E-state index >= 15 is 0 Å². The summed E-state index contributed by atoms with van der Waals surface area (Å²) in [5.41, 5.74) is 2.20. The molecule has 1 aliphatic heterocycles. The maximum absolute atomic E-state index is 12.7. The van der Waals surface area contributed by atoms with Gasteiger partial charge in [0.1, 0.15) is 6.04 Å². The number of sulfonamides is 1. The van der Waals surface area contributed by atoms with Gasteiger partial charge in [0.2, 0.25) is 10.0 Å². The second kappa shape index (κ2) is 8.22. The number of nitrogens with zero attached hydrogens (tertiary/aromatic N) is 3. The van der Waals surface area contributed by atoms with Crippen molar-refractivity contribution < 1.29 is 8.42 Å². The molecule has 1 heterocycles. The van der Waals surface area contributed by atoms with Crippen LogP contribution in [0.25, 0.3) is 0 Å². The first kappa shape index (κ1) is 19.6. The molecule has 6 heteroatoms. The monoisotopic (exact) mass is 383 g/mol. The predicted molar refractivity (Wildman–Crippen MR) is 106 cm³/mol. The topological polar surface area (TPSA) is 64.4 Å². The van der Waals surface area contributed by atoms with E-state index in [-0.39, 0.29) is 6.04 Å². The van der Waals surface area contributed by atoms with Gasteiger partial charge in [0.25, 0.3) is 0 Å². The lowest BCUT2D eigenvalue weighted by Gasteiger charge is -2.36. The highest BCUT2D eigenvalue weighted by molar-refractivity contribution is 7.89. The van der Waals surface area contributed by atoms with Crippen LogP contribution in [0.2, 0.25) is 0 Å². The molecular weight excluding hydrogens is 358 g/mol. The van der Waals surface area contributed by atoms with Crippen molar-refractivity contribution in [3.05, 3.63) is 65.7 Å². The SMILES string of the molecule is CC(C)c1ccc(C(C#N)N2CCN(S(=O)(=O)c3ccccc3)CC2)cc1. The number of hydrogen-bond donors (Lipinski definition) is 0. The number of piperazine rings is 1. The minimum Gasteiger partial charge on any atom is -0.282 e. The van der Waals surface area contributed by atoms with E-state index in [9.17, 15) is 13.7 Å². The summed E-state index contributed by atoms with van der Waals surface area (Å²) in [5.74, 6) is 0.450. The molecule has 0 aliphatic carbocycles. The second-order valence-electron chi connectivity index (χ2n) is 7.11. The Morgan fingerprint density at radius 1 is 0.889 bits per heavy atom. The molecule has 0 amide bonds. The third-order valence-corrected chi connectivity index (χ3v) is 6.97. The van der Waals surface area contributed by atoms with Crippen molar-refractivity contribution >= 4 is 10.0 Å². The molecule has 5 nitrogen and oxygen atoms in total. The Labute approximate surface area is 161 Å². The molecule has 0 N–H and O–H groups in total. The van der Waals surface area contributed by atoms with Crippen molar-refractivity contribution in [1.82, 2.24) is 9.21 Å². The van der Waals surface area contributed by atoms with Crippen molar-refractivity contribution in [2.24, 2.45) is 0 Å². The predicted octanol–water partition coefficient (Wildman–Crippen LogP) is 3.38. The van der Waals surface area contributed by atoms with Crippen LogP contribution in [0.4, 0.5) is 0 Å². The van der Waals surface area contributed by atoms with Crippen LogP contribution in [0.15, 0.2) is 59.5 Å². The molecule has 0 radical (unpaired) electrons. The molecular formula is C21H25N3O2S. The molecule has 1 saturated heterocycles. The van der Waals surface area contributed by atoms with Crippen molar-refractivity contribution in [1.29, 1.82) is 5.26 Å². The van der Waals surface area contributed by atoms with Crippen molar-refractivity contribution in [3.8, 4) is 6.07 Å². The molecule has 0 spiro atoms. The maximum Gasteiger partial charge on any atom is 0.243 e. The Hall–Kier alpha value is -2.20. The summed E-state index contributed by atoms with van der Waals surface area (Å²) in [5, 5.41) is 9.69. The summed E-state index contributed by atoms with van der Waals surface area (Å²) in [6.45, 7) is 6.14. The first-order valence-electron chi connectivity index (χ1n) is 9.22. The van der Waals surface area contributed by atoms with Gasteiger partial charge >= 0.3 is 0 Å². The van der Waals surface area contributed by atoms with Gasteiger partial charge in [-0.25, -0.2) is 8.42 Å². The van der Waals surface area contributed by atoms with Crippen molar-refractivity contribution in [2.75, 3.05) is 26.2 Å². The van der Waals surface area contributed by atoms with Crippen LogP contribution in [-0.4, -0.2) is 43.8 Å². The minimum absolute atomic E-state index is 0.319. The van der Waals surface area contributed by atoms with Gasteiger partial charge in [0.05, 0.1) is 11.0 Å². The number of benzene rings is 2. The first-order chi connectivity index (χ1) is 12.9. The third-order valence-electron chi connectivity index (χ3n) is 5.06. The molecule has 142 valence electrons. The lowest BCUT2D eigenvalue weighted by atomic mass is 9.98. The largest absolute Gasteiger partial charge is 0.282 e. The molecule has 1 atom stereocenters. The lowest BCUT2D eigenvalue weighted by molar-refractivity contribution is 0.162. The standard InChI is InChI=1S/C21H25N3O2S/c1-17(2)18-8-10-19(11-9-18)21(16-22)23-12-14-24(15-13-23)27(25,26)20-6-4-3-5-7-20/h3-11,17,21H,12-15H2,1-2H3. The Morgan fingerprint density at radius 2 is 1.44 bits per heavy atom. The van der Waals surface area contributed by atoms with E-state index in [0.717, 1.165) is 5.56 Å². The lowest BCUT2D eigenvalue weighted by Crippen LogP contribution is -2.49. The van der Waals surface area contributed by atoms with Gasteiger partial charge in [-0.1, -0.05) is 56.3 Å². The van der Waals surface area contributed by atoms with E-state index in [2.05, 4.69) is 36.9 Å². The quantitative estimate of drug-likeness (QED) is 0.794. The Kier molecular flexibility index (Phi) is 5.95. The third kappa shape index (κ3) is 4.22. The van der Waals surface area contributed by atoms with E-state index in [1.54, 1.807) is 30.3 Å².